The Morgan fingerprint density at radius 3 is 2.48 bits per heavy atom. The first kappa shape index (κ1) is 18.4. The number of aromatic nitrogens is 1. The normalized spacial score (nSPS) is 11.3. The molecule has 1 N–H and O–H groups in total. The maximum absolute atomic E-state index is 7.28. The van der Waals surface area contributed by atoms with E-state index in [1.54, 1.807) is 6.08 Å². The van der Waals surface area contributed by atoms with Crippen molar-refractivity contribution in [3.8, 4) is 0 Å². The molecule has 0 aliphatic heterocycles. The molecule has 0 spiro atoms. The molecule has 3 heteroatoms. The van der Waals surface area contributed by atoms with Crippen molar-refractivity contribution in [3.63, 3.8) is 0 Å². The Morgan fingerprint density at radius 1 is 0.931 bits per heavy atom. The Balaban J connectivity index is 2.09. The molecule has 0 saturated carbocycles. The third-order valence-corrected chi connectivity index (χ3v) is 4.90. The van der Waals surface area contributed by atoms with E-state index >= 15 is 0 Å². The summed E-state index contributed by atoms with van der Waals surface area (Å²) in [4.78, 5) is 6.75. The number of nitrogens with one attached hydrogen (secondary N) is 1. The maximum Gasteiger partial charge on any atom is 0.0723 e. The number of benzene rings is 3. The molecule has 0 radical (unpaired) electrons. The van der Waals surface area contributed by atoms with Gasteiger partial charge in [-0.15, -0.1) is 0 Å². The van der Waals surface area contributed by atoms with Crippen molar-refractivity contribution in [2.75, 3.05) is 4.90 Å². The molecule has 3 aromatic carbocycles. The van der Waals surface area contributed by atoms with Crippen LogP contribution in [0.5, 0.6) is 0 Å². The second kappa shape index (κ2) is 7.97. The van der Waals surface area contributed by atoms with Crippen LogP contribution < -0.4 is 15.3 Å². The lowest BCUT2D eigenvalue weighted by atomic mass is 10.1. The maximum atomic E-state index is 7.28. The van der Waals surface area contributed by atoms with Crippen LogP contribution >= 0.6 is 0 Å². The second-order valence-electron chi connectivity index (χ2n) is 6.85. The van der Waals surface area contributed by atoms with Crippen LogP contribution in [0.15, 0.2) is 85.1 Å². The number of anilines is 3. The highest BCUT2D eigenvalue weighted by molar-refractivity contribution is 5.97. The molecular formula is C26H21N3. The largest absolute Gasteiger partial charge is 0.309 e. The fourth-order valence-electron chi connectivity index (χ4n) is 3.50. The van der Waals surface area contributed by atoms with E-state index in [1.165, 1.54) is 5.56 Å². The van der Waals surface area contributed by atoms with E-state index in [-0.39, 0.29) is 0 Å². The highest BCUT2D eigenvalue weighted by Gasteiger charge is 2.16. The molecule has 140 valence electrons. The fraction of sp³-hybridized carbons (Fsp3) is 0.0385. The average molecular weight is 375 g/mol. The summed E-state index contributed by atoms with van der Waals surface area (Å²) in [6, 6.07) is 24.7. The Kier molecular flexibility index (Phi) is 5.07. The van der Waals surface area contributed by atoms with Crippen LogP contribution in [-0.4, -0.2) is 10.9 Å². The highest BCUT2D eigenvalue weighted by Crippen LogP contribution is 2.36. The molecule has 0 atom stereocenters. The van der Waals surface area contributed by atoms with E-state index in [1.807, 2.05) is 42.6 Å². The summed E-state index contributed by atoms with van der Waals surface area (Å²) >= 11 is 0. The van der Waals surface area contributed by atoms with Crippen LogP contribution in [0.1, 0.15) is 5.56 Å². The molecule has 0 fully saturated rings. The van der Waals surface area contributed by atoms with Crippen LogP contribution in [0.4, 0.5) is 17.1 Å². The lowest BCUT2D eigenvalue weighted by molar-refractivity contribution is 1.26. The molecule has 0 bridgehead atoms. The molecular weight excluding hydrogens is 354 g/mol. The van der Waals surface area contributed by atoms with Gasteiger partial charge in [-0.05, 0) is 72.6 Å². The predicted molar refractivity (Wildman–Crippen MR) is 123 cm³/mol. The third kappa shape index (κ3) is 3.60. The number of fused-ring (bicyclic) bond motifs is 1. The summed E-state index contributed by atoms with van der Waals surface area (Å²) in [7, 11) is 0. The lowest BCUT2D eigenvalue weighted by Crippen LogP contribution is -2.29. The van der Waals surface area contributed by atoms with Gasteiger partial charge in [-0.1, -0.05) is 42.5 Å². The Bertz CT molecular complexity index is 1330. The first-order valence-corrected chi connectivity index (χ1v) is 9.43. The van der Waals surface area contributed by atoms with Crippen molar-refractivity contribution in [1.82, 2.24) is 4.98 Å². The van der Waals surface area contributed by atoms with Gasteiger partial charge in [-0.2, -0.15) is 0 Å². The van der Waals surface area contributed by atoms with E-state index < -0.39 is 0 Å². The van der Waals surface area contributed by atoms with Gasteiger partial charge in [0.2, 0.25) is 0 Å². The number of aryl methyl sites for hydroxylation is 1. The number of rotatable bonds is 4. The quantitative estimate of drug-likeness (QED) is 0.510. The minimum Gasteiger partial charge on any atom is -0.309 e. The molecule has 0 aliphatic rings. The smallest absolute Gasteiger partial charge is 0.0723 e. The molecule has 29 heavy (non-hydrogen) atoms. The van der Waals surface area contributed by atoms with Crippen LogP contribution in [0, 0.1) is 12.3 Å². The van der Waals surface area contributed by atoms with Gasteiger partial charge in [0.1, 0.15) is 0 Å². The standard InChI is InChI=1S/C26H21N3/c1-19-13-15-21(16-14-19)29(25-11-3-7-20(2)22(25)8-5-17-27)26-12-4-10-24-23(26)9-6-18-28-24/h3-16,18,27H,2H2,1H3/b22-8+. The fourth-order valence-corrected chi connectivity index (χ4v) is 3.50. The van der Waals surface area contributed by atoms with Crippen molar-refractivity contribution >= 4 is 46.5 Å². The van der Waals surface area contributed by atoms with E-state index in [4.69, 9.17) is 5.41 Å². The second-order valence-corrected chi connectivity index (χ2v) is 6.85. The van der Waals surface area contributed by atoms with Crippen molar-refractivity contribution in [2.45, 2.75) is 6.92 Å². The van der Waals surface area contributed by atoms with Crippen LogP contribution in [0.3, 0.4) is 0 Å². The molecule has 4 aromatic rings. The minimum absolute atomic E-state index is 0.893. The summed E-state index contributed by atoms with van der Waals surface area (Å²) in [5, 5.41) is 10.2. The first-order chi connectivity index (χ1) is 14.2. The van der Waals surface area contributed by atoms with Crippen molar-refractivity contribution in [2.24, 2.45) is 0 Å². The average Bonchev–Trinajstić information content (AvgIpc) is 2.75. The molecule has 0 saturated heterocycles. The van der Waals surface area contributed by atoms with Crippen molar-refractivity contribution in [3.05, 3.63) is 101 Å². The molecule has 3 nitrogen and oxygen atoms in total. The SMILES string of the molecule is C=c1cccc(N(c2ccc(C)cc2)c2cccc3ncccc23)/c1=C/C=C=N. The molecule has 0 unspecified atom stereocenters. The molecule has 1 heterocycles. The van der Waals surface area contributed by atoms with Gasteiger partial charge >= 0.3 is 0 Å². The zero-order valence-corrected chi connectivity index (χ0v) is 16.3. The van der Waals surface area contributed by atoms with E-state index in [9.17, 15) is 0 Å². The summed E-state index contributed by atoms with van der Waals surface area (Å²) in [5.41, 5.74) is 5.23. The molecule has 1 aromatic heterocycles. The zero-order chi connectivity index (χ0) is 20.2. The molecule has 4 rings (SSSR count). The van der Waals surface area contributed by atoms with Crippen LogP contribution in [-0.2, 0) is 0 Å². The Morgan fingerprint density at radius 2 is 1.69 bits per heavy atom. The zero-order valence-electron chi connectivity index (χ0n) is 16.3. The van der Waals surface area contributed by atoms with E-state index in [2.05, 4.69) is 71.7 Å². The van der Waals surface area contributed by atoms with Crippen molar-refractivity contribution in [1.29, 1.82) is 5.41 Å². The third-order valence-electron chi connectivity index (χ3n) is 4.90. The Labute approximate surface area is 170 Å². The Hall–Kier alpha value is -3.94. The van der Waals surface area contributed by atoms with Gasteiger partial charge in [0.25, 0.3) is 0 Å². The van der Waals surface area contributed by atoms with Crippen molar-refractivity contribution < 1.29 is 0 Å². The lowest BCUT2D eigenvalue weighted by Gasteiger charge is -2.27. The monoisotopic (exact) mass is 375 g/mol. The number of pyridine rings is 1. The summed E-state index contributed by atoms with van der Waals surface area (Å²) in [6.07, 6.45) is 5.30. The van der Waals surface area contributed by atoms with Gasteiger partial charge in [0.05, 0.1) is 16.9 Å². The highest BCUT2D eigenvalue weighted by atomic mass is 15.1. The van der Waals surface area contributed by atoms with Gasteiger partial charge in [0, 0.05) is 22.5 Å². The summed E-state index contributed by atoms with van der Waals surface area (Å²) in [5.74, 6) is 2.34. The molecule has 0 amide bonds. The number of nitrogens with zero attached hydrogens (tertiary/aromatic N) is 2. The van der Waals surface area contributed by atoms with E-state index in [0.717, 1.165) is 38.4 Å². The van der Waals surface area contributed by atoms with Crippen LogP contribution in [0.25, 0.3) is 23.6 Å². The predicted octanol–water partition coefficient (Wildman–Crippen LogP) is 5.01. The summed E-state index contributed by atoms with van der Waals surface area (Å²) in [6.45, 7) is 6.28. The minimum atomic E-state index is 0.893. The number of allylic oxidation sites excluding steroid dienone is 1. The van der Waals surface area contributed by atoms with Gasteiger partial charge in [-0.3, -0.25) is 10.4 Å². The van der Waals surface area contributed by atoms with Gasteiger partial charge < -0.3 is 4.90 Å². The van der Waals surface area contributed by atoms with Gasteiger partial charge in [-0.25, -0.2) is 0 Å². The number of hydrogen-bond acceptors (Lipinski definition) is 3. The number of hydrogen-bond donors (Lipinski definition) is 1. The topological polar surface area (TPSA) is 40.0 Å². The molecule has 0 aliphatic carbocycles. The van der Waals surface area contributed by atoms with Crippen LogP contribution in [0.2, 0.25) is 0 Å². The van der Waals surface area contributed by atoms with Gasteiger partial charge in [0.15, 0.2) is 0 Å². The summed E-state index contributed by atoms with van der Waals surface area (Å²) < 4.78 is 0. The van der Waals surface area contributed by atoms with E-state index in [0.29, 0.717) is 0 Å². The first-order valence-electron chi connectivity index (χ1n) is 9.43.